The Balaban J connectivity index is 1.93. The van der Waals surface area contributed by atoms with Gasteiger partial charge in [-0.1, -0.05) is 6.07 Å². The van der Waals surface area contributed by atoms with Crippen LogP contribution in [0.3, 0.4) is 0 Å². The summed E-state index contributed by atoms with van der Waals surface area (Å²) in [4.78, 5) is 49.0. The quantitative estimate of drug-likeness (QED) is 0.807. The molecule has 1 atom stereocenters. The second-order valence-electron chi connectivity index (χ2n) is 5.26. The largest absolute Gasteiger partial charge is 0.380 e. The van der Waals surface area contributed by atoms with Crippen LogP contribution in [-0.2, 0) is 20.9 Å². The number of benzene rings is 1. The standard InChI is InChI=1S/C15H14N2O5/c1-22-7-8-2-3-9-10(6-8)15(21)17(14(9)20)11-4-5-12(18)16-13(11)19/h2-3,6,11H,4-5,7H2,1H3,(H,16,18,19)/t11-/m0/s1. The summed E-state index contributed by atoms with van der Waals surface area (Å²) in [5.74, 6) is -2.01. The number of ether oxygens (including phenoxy) is 1. The molecular weight excluding hydrogens is 288 g/mol. The van der Waals surface area contributed by atoms with E-state index in [1.54, 1.807) is 18.2 Å². The molecule has 4 amide bonds. The molecule has 7 nitrogen and oxygen atoms in total. The van der Waals surface area contributed by atoms with E-state index in [4.69, 9.17) is 4.74 Å². The third-order valence-corrected chi connectivity index (χ3v) is 3.82. The second kappa shape index (κ2) is 5.34. The lowest BCUT2D eigenvalue weighted by atomic mass is 10.0. The highest BCUT2D eigenvalue weighted by atomic mass is 16.5. The highest BCUT2D eigenvalue weighted by Gasteiger charge is 2.44. The zero-order chi connectivity index (χ0) is 15.9. The van der Waals surface area contributed by atoms with Crippen LogP contribution in [0.2, 0.25) is 0 Å². The molecule has 1 saturated heterocycles. The van der Waals surface area contributed by atoms with Crippen LogP contribution in [0.5, 0.6) is 0 Å². The van der Waals surface area contributed by atoms with E-state index in [2.05, 4.69) is 5.32 Å². The third-order valence-electron chi connectivity index (χ3n) is 3.82. The van der Waals surface area contributed by atoms with Gasteiger partial charge in [-0.15, -0.1) is 0 Å². The summed E-state index contributed by atoms with van der Waals surface area (Å²) in [7, 11) is 1.54. The van der Waals surface area contributed by atoms with E-state index in [9.17, 15) is 19.2 Å². The first kappa shape index (κ1) is 14.4. The van der Waals surface area contributed by atoms with Crippen molar-refractivity contribution in [3.05, 3.63) is 34.9 Å². The molecule has 0 aromatic heterocycles. The van der Waals surface area contributed by atoms with Crippen LogP contribution in [0.4, 0.5) is 0 Å². The predicted molar refractivity (Wildman–Crippen MR) is 73.8 cm³/mol. The lowest BCUT2D eigenvalue weighted by Gasteiger charge is -2.27. The first-order valence-corrected chi connectivity index (χ1v) is 6.86. The predicted octanol–water partition coefficient (Wildman–Crippen LogP) is 0.234. The maximum Gasteiger partial charge on any atom is 0.262 e. The Morgan fingerprint density at radius 3 is 2.59 bits per heavy atom. The van der Waals surface area contributed by atoms with E-state index < -0.39 is 23.8 Å². The molecule has 1 aromatic carbocycles. The van der Waals surface area contributed by atoms with Gasteiger partial charge in [0, 0.05) is 13.5 Å². The molecule has 2 heterocycles. The molecule has 0 radical (unpaired) electrons. The zero-order valence-electron chi connectivity index (χ0n) is 11.9. The second-order valence-corrected chi connectivity index (χ2v) is 5.26. The number of nitrogens with zero attached hydrogens (tertiary/aromatic N) is 1. The highest BCUT2D eigenvalue weighted by Crippen LogP contribution is 2.28. The third kappa shape index (κ3) is 2.19. The molecule has 2 aliphatic rings. The normalized spacial score (nSPS) is 21.1. The van der Waals surface area contributed by atoms with Crippen LogP contribution in [0, 0.1) is 0 Å². The Bertz CT molecular complexity index is 697. The van der Waals surface area contributed by atoms with Crippen LogP contribution in [0.1, 0.15) is 39.1 Å². The monoisotopic (exact) mass is 302 g/mol. The number of carbonyl (C=O) groups excluding carboxylic acids is 4. The molecule has 1 fully saturated rings. The molecule has 114 valence electrons. The summed E-state index contributed by atoms with van der Waals surface area (Å²) in [6, 6.07) is 3.94. The Hall–Kier alpha value is -2.54. The fourth-order valence-corrected chi connectivity index (χ4v) is 2.77. The molecule has 0 saturated carbocycles. The first-order valence-electron chi connectivity index (χ1n) is 6.86. The van der Waals surface area contributed by atoms with Crippen molar-refractivity contribution < 1.29 is 23.9 Å². The average molecular weight is 302 g/mol. The summed E-state index contributed by atoms with van der Waals surface area (Å²) in [5, 5.41) is 2.16. The van der Waals surface area contributed by atoms with Gasteiger partial charge in [0.25, 0.3) is 11.8 Å². The van der Waals surface area contributed by atoms with Crippen LogP contribution >= 0.6 is 0 Å². The summed E-state index contributed by atoms with van der Waals surface area (Å²) in [6.07, 6.45) is 0.264. The van der Waals surface area contributed by atoms with Crippen molar-refractivity contribution in [3.63, 3.8) is 0 Å². The van der Waals surface area contributed by atoms with Crippen LogP contribution in [0.15, 0.2) is 18.2 Å². The number of carbonyl (C=O) groups is 4. The Kier molecular flexibility index (Phi) is 3.50. The number of hydrogen-bond donors (Lipinski definition) is 1. The van der Waals surface area contributed by atoms with Crippen molar-refractivity contribution in [2.45, 2.75) is 25.5 Å². The molecule has 2 aliphatic heterocycles. The minimum absolute atomic E-state index is 0.110. The molecule has 0 unspecified atom stereocenters. The highest BCUT2D eigenvalue weighted by molar-refractivity contribution is 6.23. The Morgan fingerprint density at radius 2 is 1.91 bits per heavy atom. The van der Waals surface area contributed by atoms with Gasteiger partial charge < -0.3 is 4.74 Å². The summed E-state index contributed by atoms with van der Waals surface area (Å²) in [5.41, 5.74) is 1.31. The number of hydrogen-bond acceptors (Lipinski definition) is 5. The Labute approximate surface area is 126 Å². The fraction of sp³-hybridized carbons (Fsp3) is 0.333. The minimum Gasteiger partial charge on any atom is -0.380 e. The van der Waals surface area contributed by atoms with E-state index in [1.165, 1.54) is 7.11 Å². The summed E-state index contributed by atoms with van der Waals surface area (Å²) in [6.45, 7) is 0.327. The number of nitrogens with one attached hydrogen (secondary N) is 1. The van der Waals surface area contributed by atoms with Gasteiger partial charge in [-0.05, 0) is 24.1 Å². The van der Waals surface area contributed by atoms with Crippen molar-refractivity contribution in [1.29, 1.82) is 0 Å². The SMILES string of the molecule is COCc1ccc2c(c1)C(=O)N([C@H]1CCC(=O)NC1=O)C2=O. The number of rotatable bonds is 3. The van der Waals surface area contributed by atoms with Gasteiger partial charge in [-0.2, -0.15) is 0 Å². The van der Waals surface area contributed by atoms with Gasteiger partial charge in [0.1, 0.15) is 6.04 Å². The summed E-state index contributed by atoms with van der Waals surface area (Å²) < 4.78 is 5.01. The van der Waals surface area contributed by atoms with Crippen LogP contribution in [-0.4, -0.2) is 41.7 Å². The number of amides is 4. The summed E-state index contributed by atoms with van der Waals surface area (Å²) >= 11 is 0. The Morgan fingerprint density at radius 1 is 1.18 bits per heavy atom. The van der Waals surface area contributed by atoms with Gasteiger partial charge in [0.2, 0.25) is 11.8 Å². The number of imide groups is 2. The van der Waals surface area contributed by atoms with E-state index in [0.29, 0.717) is 6.61 Å². The molecule has 0 aliphatic carbocycles. The van der Waals surface area contributed by atoms with E-state index in [1.807, 2.05) is 0 Å². The van der Waals surface area contributed by atoms with E-state index >= 15 is 0 Å². The van der Waals surface area contributed by atoms with Crippen LogP contribution in [0.25, 0.3) is 0 Å². The van der Waals surface area contributed by atoms with Gasteiger partial charge in [-0.25, -0.2) is 0 Å². The van der Waals surface area contributed by atoms with Gasteiger partial charge >= 0.3 is 0 Å². The fourth-order valence-electron chi connectivity index (χ4n) is 2.77. The molecule has 7 heteroatoms. The zero-order valence-corrected chi connectivity index (χ0v) is 11.9. The average Bonchev–Trinajstić information content (AvgIpc) is 2.72. The minimum atomic E-state index is -0.934. The topological polar surface area (TPSA) is 92.8 Å². The molecule has 1 aromatic rings. The van der Waals surface area contributed by atoms with Crippen molar-refractivity contribution in [1.82, 2.24) is 10.2 Å². The molecule has 0 spiro atoms. The molecular formula is C15H14N2O5. The molecule has 3 rings (SSSR count). The lowest BCUT2D eigenvalue weighted by Crippen LogP contribution is -2.54. The number of fused-ring (bicyclic) bond motifs is 1. The lowest BCUT2D eigenvalue weighted by molar-refractivity contribution is -0.136. The maximum absolute atomic E-state index is 12.5. The first-order chi connectivity index (χ1) is 10.5. The molecule has 0 bridgehead atoms. The van der Waals surface area contributed by atoms with Crippen molar-refractivity contribution >= 4 is 23.6 Å². The molecule has 22 heavy (non-hydrogen) atoms. The van der Waals surface area contributed by atoms with Crippen molar-refractivity contribution in [2.24, 2.45) is 0 Å². The maximum atomic E-state index is 12.5. The van der Waals surface area contributed by atoms with Crippen molar-refractivity contribution in [2.75, 3.05) is 7.11 Å². The van der Waals surface area contributed by atoms with Crippen molar-refractivity contribution in [3.8, 4) is 0 Å². The van der Waals surface area contributed by atoms with Gasteiger partial charge in [0.05, 0.1) is 17.7 Å². The van der Waals surface area contributed by atoms with E-state index in [-0.39, 0.29) is 29.9 Å². The molecule has 1 N–H and O–H groups in total. The number of methoxy groups -OCH3 is 1. The van der Waals surface area contributed by atoms with Crippen LogP contribution < -0.4 is 5.32 Å². The van der Waals surface area contributed by atoms with Gasteiger partial charge in [0.15, 0.2) is 0 Å². The van der Waals surface area contributed by atoms with Gasteiger partial charge in [-0.3, -0.25) is 29.4 Å². The smallest absolute Gasteiger partial charge is 0.262 e. The number of piperidine rings is 1. The van der Waals surface area contributed by atoms with E-state index in [0.717, 1.165) is 10.5 Å².